The molecule has 0 aliphatic heterocycles. The van der Waals surface area contributed by atoms with Crippen LogP contribution in [0.5, 0.6) is 0 Å². The first-order chi connectivity index (χ1) is 16.0. The summed E-state index contributed by atoms with van der Waals surface area (Å²) in [6.07, 6.45) is 13.7. The summed E-state index contributed by atoms with van der Waals surface area (Å²) >= 11 is 0. The molecule has 0 atom stereocenters. The summed E-state index contributed by atoms with van der Waals surface area (Å²) in [5.41, 5.74) is 1.53. The summed E-state index contributed by atoms with van der Waals surface area (Å²) < 4.78 is 14.0. The maximum absolute atomic E-state index is 14.0. The maximum atomic E-state index is 14.0. The lowest BCUT2D eigenvalue weighted by Crippen LogP contribution is -2.39. The van der Waals surface area contributed by atoms with Crippen LogP contribution in [0.3, 0.4) is 0 Å². The van der Waals surface area contributed by atoms with Gasteiger partial charge < -0.3 is 5.11 Å². The lowest BCUT2D eigenvalue weighted by Gasteiger charge is -2.37. The molecule has 0 unspecified atom stereocenters. The molecule has 0 amide bonds. The van der Waals surface area contributed by atoms with E-state index in [0.29, 0.717) is 24.3 Å². The number of benzene rings is 2. The average Bonchev–Trinajstić information content (AvgIpc) is 2.84. The second-order valence-corrected chi connectivity index (χ2v) is 9.62. The molecule has 4 heteroatoms. The molecule has 1 aliphatic rings. The maximum Gasteiger partial charge on any atom is 0.314 e. The number of hydrogen-bond acceptors (Lipinski definition) is 2. The number of halogens is 1. The number of carbonyl (C=O) groups is 1. The SMILES string of the molecule is CCCCCCCCCC1CCC(C(=O)O)(c2ccc(-c3ccc(C#N)c(F)c3)cc2)CC1. The Hall–Kier alpha value is -2.67. The number of aliphatic carboxylic acids is 1. The van der Waals surface area contributed by atoms with Crippen LogP contribution in [0.25, 0.3) is 11.1 Å². The van der Waals surface area contributed by atoms with Crippen LogP contribution in [0, 0.1) is 23.1 Å². The van der Waals surface area contributed by atoms with Gasteiger partial charge in [-0.3, -0.25) is 4.79 Å². The van der Waals surface area contributed by atoms with Crippen LogP contribution in [0.4, 0.5) is 4.39 Å². The van der Waals surface area contributed by atoms with Gasteiger partial charge in [0, 0.05) is 0 Å². The Balaban J connectivity index is 1.59. The number of unbranched alkanes of at least 4 members (excludes halogenated alkanes) is 6. The van der Waals surface area contributed by atoms with E-state index < -0.39 is 17.2 Å². The zero-order chi connectivity index (χ0) is 23.7. The van der Waals surface area contributed by atoms with E-state index in [4.69, 9.17) is 5.26 Å². The fourth-order valence-corrected chi connectivity index (χ4v) is 5.24. The van der Waals surface area contributed by atoms with E-state index in [0.717, 1.165) is 24.0 Å². The van der Waals surface area contributed by atoms with Gasteiger partial charge in [0.05, 0.1) is 11.0 Å². The Morgan fingerprint density at radius 2 is 1.61 bits per heavy atom. The number of carboxylic acid groups (broad SMARTS) is 1. The Labute approximate surface area is 197 Å². The van der Waals surface area contributed by atoms with Crippen LogP contribution in [0.2, 0.25) is 0 Å². The van der Waals surface area contributed by atoms with Crippen LogP contribution in [0.15, 0.2) is 42.5 Å². The van der Waals surface area contributed by atoms with Crippen molar-refractivity contribution in [2.75, 3.05) is 0 Å². The van der Waals surface area contributed by atoms with Gasteiger partial charge in [0.15, 0.2) is 0 Å². The third kappa shape index (κ3) is 6.22. The van der Waals surface area contributed by atoms with Crippen molar-refractivity contribution in [2.24, 2.45) is 5.92 Å². The molecule has 0 saturated heterocycles. The predicted molar refractivity (Wildman–Crippen MR) is 130 cm³/mol. The van der Waals surface area contributed by atoms with Gasteiger partial charge in [-0.05, 0) is 60.4 Å². The largest absolute Gasteiger partial charge is 0.481 e. The van der Waals surface area contributed by atoms with E-state index in [-0.39, 0.29) is 5.56 Å². The summed E-state index contributed by atoms with van der Waals surface area (Å²) in [5, 5.41) is 19.1. The smallest absolute Gasteiger partial charge is 0.314 e. The summed E-state index contributed by atoms with van der Waals surface area (Å²) in [6.45, 7) is 2.24. The number of nitriles is 1. The molecule has 0 bridgehead atoms. The van der Waals surface area contributed by atoms with Gasteiger partial charge in [-0.2, -0.15) is 5.26 Å². The van der Waals surface area contributed by atoms with Crippen molar-refractivity contribution < 1.29 is 14.3 Å². The van der Waals surface area contributed by atoms with E-state index in [1.165, 1.54) is 63.5 Å². The standard InChI is InChI=1S/C29H36FNO2/c1-2-3-4-5-6-7-8-9-22-16-18-29(19-17-22,28(32)33)26-14-12-23(13-15-26)24-10-11-25(21-31)27(30)20-24/h10-15,20,22H,2-9,16-19H2,1H3,(H,32,33). The Kier molecular flexibility index (Phi) is 9.06. The molecule has 2 aromatic carbocycles. The zero-order valence-electron chi connectivity index (χ0n) is 19.8. The minimum Gasteiger partial charge on any atom is -0.481 e. The lowest BCUT2D eigenvalue weighted by molar-refractivity contribution is -0.145. The van der Waals surface area contributed by atoms with Gasteiger partial charge in [0.25, 0.3) is 0 Å². The summed E-state index contributed by atoms with van der Waals surface area (Å²) in [4.78, 5) is 12.4. The number of carboxylic acids is 1. The molecule has 1 fully saturated rings. The first-order valence-electron chi connectivity index (χ1n) is 12.5. The molecule has 33 heavy (non-hydrogen) atoms. The third-order valence-corrected chi connectivity index (χ3v) is 7.44. The number of hydrogen-bond donors (Lipinski definition) is 1. The molecule has 1 saturated carbocycles. The minimum atomic E-state index is -0.828. The third-order valence-electron chi connectivity index (χ3n) is 7.44. The van der Waals surface area contributed by atoms with Crippen molar-refractivity contribution in [3.8, 4) is 17.2 Å². The molecule has 176 valence electrons. The molecular weight excluding hydrogens is 413 g/mol. The summed E-state index contributed by atoms with van der Waals surface area (Å²) in [7, 11) is 0. The minimum absolute atomic E-state index is 0.0217. The van der Waals surface area contributed by atoms with E-state index in [2.05, 4.69) is 6.92 Å². The highest BCUT2D eigenvalue weighted by molar-refractivity contribution is 5.82. The van der Waals surface area contributed by atoms with Gasteiger partial charge in [-0.1, -0.05) is 88.6 Å². The first kappa shape index (κ1) is 25.0. The monoisotopic (exact) mass is 449 g/mol. The zero-order valence-corrected chi connectivity index (χ0v) is 19.8. The quantitative estimate of drug-likeness (QED) is 0.353. The van der Waals surface area contributed by atoms with E-state index >= 15 is 0 Å². The molecule has 0 heterocycles. The van der Waals surface area contributed by atoms with Crippen LogP contribution in [0.1, 0.15) is 95.1 Å². The highest BCUT2D eigenvalue weighted by Crippen LogP contribution is 2.43. The second-order valence-electron chi connectivity index (χ2n) is 9.62. The average molecular weight is 450 g/mol. The lowest BCUT2D eigenvalue weighted by atomic mass is 9.66. The highest BCUT2D eigenvalue weighted by Gasteiger charge is 2.43. The Morgan fingerprint density at radius 3 is 2.18 bits per heavy atom. The van der Waals surface area contributed by atoms with Gasteiger partial charge in [0.1, 0.15) is 11.9 Å². The summed E-state index contributed by atoms with van der Waals surface area (Å²) in [6, 6.07) is 13.9. The van der Waals surface area contributed by atoms with Crippen molar-refractivity contribution in [1.29, 1.82) is 5.26 Å². The molecule has 1 aliphatic carbocycles. The van der Waals surface area contributed by atoms with Crippen molar-refractivity contribution in [1.82, 2.24) is 0 Å². The van der Waals surface area contributed by atoms with E-state index in [9.17, 15) is 14.3 Å². The van der Waals surface area contributed by atoms with Crippen LogP contribution < -0.4 is 0 Å². The molecular formula is C29H36FNO2. The van der Waals surface area contributed by atoms with Crippen LogP contribution >= 0.6 is 0 Å². The molecule has 3 nitrogen and oxygen atoms in total. The van der Waals surface area contributed by atoms with Crippen LogP contribution in [-0.2, 0) is 10.2 Å². The molecule has 1 N–H and O–H groups in total. The van der Waals surface area contributed by atoms with Crippen molar-refractivity contribution in [3.05, 3.63) is 59.4 Å². The topological polar surface area (TPSA) is 61.1 Å². The van der Waals surface area contributed by atoms with Crippen LogP contribution in [-0.4, -0.2) is 11.1 Å². The van der Waals surface area contributed by atoms with Crippen molar-refractivity contribution in [2.45, 2.75) is 89.4 Å². The van der Waals surface area contributed by atoms with Gasteiger partial charge in [0.2, 0.25) is 0 Å². The Morgan fingerprint density at radius 1 is 1.00 bits per heavy atom. The predicted octanol–water partition coefficient (Wildman–Crippen LogP) is 8.02. The van der Waals surface area contributed by atoms with Crippen molar-refractivity contribution in [3.63, 3.8) is 0 Å². The van der Waals surface area contributed by atoms with E-state index in [1.807, 2.05) is 30.3 Å². The highest BCUT2D eigenvalue weighted by atomic mass is 19.1. The van der Waals surface area contributed by atoms with Gasteiger partial charge in [-0.25, -0.2) is 4.39 Å². The molecule has 0 spiro atoms. The molecule has 2 aromatic rings. The molecule has 0 aromatic heterocycles. The molecule has 0 radical (unpaired) electrons. The molecule has 3 rings (SSSR count). The Bertz CT molecular complexity index is 953. The number of nitrogens with zero attached hydrogens (tertiary/aromatic N) is 1. The van der Waals surface area contributed by atoms with Crippen molar-refractivity contribution >= 4 is 5.97 Å². The van der Waals surface area contributed by atoms with Gasteiger partial charge >= 0.3 is 5.97 Å². The number of rotatable bonds is 11. The van der Waals surface area contributed by atoms with Gasteiger partial charge in [-0.15, -0.1) is 0 Å². The fourth-order valence-electron chi connectivity index (χ4n) is 5.24. The summed E-state index contributed by atoms with van der Waals surface area (Å²) in [5.74, 6) is -0.650. The second kappa shape index (κ2) is 12.0. The van der Waals surface area contributed by atoms with E-state index in [1.54, 1.807) is 6.07 Å². The first-order valence-corrected chi connectivity index (χ1v) is 12.5. The fraction of sp³-hybridized carbons (Fsp3) is 0.517. The normalized spacial score (nSPS) is 20.3.